The molecule has 0 bridgehead atoms. The third-order valence-electron chi connectivity index (χ3n) is 5.51. The number of rotatable bonds is 9. The summed E-state index contributed by atoms with van der Waals surface area (Å²) in [6.07, 6.45) is 1.31. The van der Waals surface area contributed by atoms with Gasteiger partial charge >= 0.3 is 6.03 Å². The van der Waals surface area contributed by atoms with Crippen molar-refractivity contribution in [2.75, 3.05) is 31.6 Å². The van der Waals surface area contributed by atoms with Crippen LogP contribution in [0.5, 0.6) is 0 Å². The number of nitrogens with zero attached hydrogens (tertiary/aromatic N) is 3. The van der Waals surface area contributed by atoms with Gasteiger partial charge in [-0.15, -0.1) is 0 Å². The molecular formula is C21H27ClFN5O3. The lowest BCUT2D eigenvalue weighted by Gasteiger charge is -2.43. The number of aliphatic hydroxyl groups excluding tert-OH is 1. The van der Waals surface area contributed by atoms with E-state index in [2.05, 4.69) is 15.7 Å². The minimum absolute atomic E-state index is 0.0159. The average Bonchev–Trinajstić information content (AvgIpc) is 3.06. The minimum atomic E-state index is -0.613. The Morgan fingerprint density at radius 2 is 2.10 bits per heavy atom. The molecule has 10 heteroatoms. The van der Waals surface area contributed by atoms with Crippen molar-refractivity contribution in [3.05, 3.63) is 46.4 Å². The molecule has 0 radical (unpaired) electrons. The molecule has 1 aromatic carbocycles. The second kappa shape index (κ2) is 10.2. The maximum Gasteiger partial charge on any atom is 0.320 e. The number of carbonyl (C=O) groups excluding carboxylic acids is 2. The van der Waals surface area contributed by atoms with Gasteiger partial charge in [0.15, 0.2) is 5.78 Å². The lowest BCUT2D eigenvalue weighted by molar-refractivity contribution is 0.0215. The first-order valence-corrected chi connectivity index (χ1v) is 10.6. The molecule has 0 unspecified atom stereocenters. The van der Waals surface area contributed by atoms with Crippen LogP contribution >= 0.6 is 11.6 Å². The van der Waals surface area contributed by atoms with Crippen LogP contribution in [0.2, 0.25) is 5.02 Å². The van der Waals surface area contributed by atoms with Gasteiger partial charge in [0.1, 0.15) is 11.6 Å². The molecule has 0 spiro atoms. The SMILES string of the molecule is CCc1cc(NC(=O)NCC[C@@H](CO)N2CC(C(=O)c3ccc(Cl)c(F)c3)C2)n(C)n1. The van der Waals surface area contributed by atoms with Gasteiger partial charge in [0.25, 0.3) is 0 Å². The maximum atomic E-state index is 13.6. The molecule has 168 valence electrons. The van der Waals surface area contributed by atoms with E-state index in [4.69, 9.17) is 11.6 Å². The highest BCUT2D eigenvalue weighted by Crippen LogP contribution is 2.25. The van der Waals surface area contributed by atoms with E-state index >= 15 is 0 Å². The highest BCUT2D eigenvalue weighted by molar-refractivity contribution is 6.30. The highest BCUT2D eigenvalue weighted by atomic mass is 35.5. The number of hydrogen-bond acceptors (Lipinski definition) is 5. The standard InChI is InChI=1S/C21H27ClFN5O3/c1-3-15-9-19(27(2)26-15)25-21(31)24-7-6-16(12-29)28-10-14(11-28)20(30)13-4-5-17(22)18(23)8-13/h4-5,8-9,14,16,29H,3,6-7,10-12H2,1-2H3,(H2,24,25,31)/t16-/m0/s1. The Labute approximate surface area is 185 Å². The number of anilines is 1. The number of amides is 2. The third-order valence-corrected chi connectivity index (χ3v) is 5.82. The molecule has 1 atom stereocenters. The molecule has 1 fully saturated rings. The summed E-state index contributed by atoms with van der Waals surface area (Å²) < 4.78 is 15.2. The Bertz CT molecular complexity index is 945. The number of likely N-dealkylation sites (tertiary alicyclic amines) is 1. The number of carbonyl (C=O) groups is 2. The summed E-state index contributed by atoms with van der Waals surface area (Å²) in [6.45, 7) is 3.24. The first kappa shape index (κ1) is 23.2. The Kier molecular flexibility index (Phi) is 7.64. The average molecular weight is 452 g/mol. The van der Waals surface area contributed by atoms with E-state index in [0.29, 0.717) is 37.4 Å². The maximum absolute atomic E-state index is 13.6. The summed E-state index contributed by atoms with van der Waals surface area (Å²) in [6, 6.07) is 5.36. The van der Waals surface area contributed by atoms with Crippen LogP contribution in [0.1, 0.15) is 29.4 Å². The summed E-state index contributed by atoms with van der Waals surface area (Å²) in [5.41, 5.74) is 1.19. The van der Waals surface area contributed by atoms with E-state index in [9.17, 15) is 19.1 Å². The zero-order valence-electron chi connectivity index (χ0n) is 17.6. The van der Waals surface area contributed by atoms with Gasteiger partial charge in [-0.2, -0.15) is 5.10 Å². The topological polar surface area (TPSA) is 99.5 Å². The van der Waals surface area contributed by atoms with Crippen LogP contribution in [-0.4, -0.2) is 63.9 Å². The van der Waals surface area contributed by atoms with Crippen molar-refractivity contribution in [3.8, 4) is 0 Å². The summed E-state index contributed by atoms with van der Waals surface area (Å²) in [7, 11) is 1.76. The van der Waals surface area contributed by atoms with Crippen LogP contribution in [-0.2, 0) is 13.5 Å². The smallest absolute Gasteiger partial charge is 0.320 e. The minimum Gasteiger partial charge on any atom is -0.395 e. The molecule has 0 saturated carbocycles. The Morgan fingerprint density at radius 1 is 1.35 bits per heavy atom. The van der Waals surface area contributed by atoms with E-state index in [-0.39, 0.29) is 35.4 Å². The molecule has 2 heterocycles. The molecule has 3 rings (SSSR count). The molecule has 1 aromatic heterocycles. The van der Waals surface area contributed by atoms with E-state index in [1.54, 1.807) is 11.7 Å². The molecular weight excluding hydrogens is 425 g/mol. The number of aryl methyl sites for hydroxylation is 2. The molecule has 1 saturated heterocycles. The summed E-state index contributed by atoms with van der Waals surface area (Å²) in [5, 5.41) is 19.5. The van der Waals surface area contributed by atoms with Crippen LogP contribution in [0.4, 0.5) is 15.0 Å². The fourth-order valence-corrected chi connectivity index (χ4v) is 3.70. The number of aromatic nitrogens is 2. The third kappa shape index (κ3) is 5.61. The molecule has 1 aliphatic heterocycles. The van der Waals surface area contributed by atoms with Gasteiger partial charge in [-0.05, 0) is 31.0 Å². The van der Waals surface area contributed by atoms with Gasteiger partial charge in [0.2, 0.25) is 0 Å². The Balaban J connectivity index is 1.42. The number of urea groups is 1. The largest absolute Gasteiger partial charge is 0.395 e. The van der Waals surface area contributed by atoms with Crippen molar-refractivity contribution in [3.63, 3.8) is 0 Å². The zero-order chi connectivity index (χ0) is 22.5. The Hall–Kier alpha value is -2.49. The normalized spacial score (nSPS) is 15.4. The van der Waals surface area contributed by atoms with Crippen LogP contribution in [0.3, 0.4) is 0 Å². The molecule has 2 amide bonds. The summed E-state index contributed by atoms with van der Waals surface area (Å²) in [5.74, 6) is -0.388. The molecule has 0 aliphatic carbocycles. The number of hydrogen-bond donors (Lipinski definition) is 3. The van der Waals surface area contributed by atoms with Gasteiger partial charge in [-0.25, -0.2) is 9.18 Å². The number of ketones is 1. The molecule has 2 aromatic rings. The fourth-order valence-electron chi connectivity index (χ4n) is 3.58. The van der Waals surface area contributed by atoms with Crippen LogP contribution in [0.25, 0.3) is 0 Å². The fraction of sp³-hybridized carbons (Fsp3) is 0.476. The van der Waals surface area contributed by atoms with Crippen LogP contribution < -0.4 is 10.6 Å². The monoisotopic (exact) mass is 451 g/mol. The Morgan fingerprint density at radius 3 is 2.71 bits per heavy atom. The molecule has 31 heavy (non-hydrogen) atoms. The van der Waals surface area contributed by atoms with E-state index in [0.717, 1.165) is 18.2 Å². The second-order valence-corrected chi connectivity index (χ2v) is 8.06. The van der Waals surface area contributed by atoms with Crippen molar-refractivity contribution in [1.82, 2.24) is 20.0 Å². The van der Waals surface area contributed by atoms with Crippen molar-refractivity contribution < 1.29 is 19.1 Å². The highest BCUT2D eigenvalue weighted by Gasteiger charge is 2.36. The first-order valence-electron chi connectivity index (χ1n) is 10.2. The van der Waals surface area contributed by atoms with Gasteiger partial charge < -0.3 is 10.4 Å². The number of benzene rings is 1. The first-order chi connectivity index (χ1) is 14.8. The van der Waals surface area contributed by atoms with Crippen molar-refractivity contribution in [2.45, 2.75) is 25.8 Å². The van der Waals surface area contributed by atoms with Crippen molar-refractivity contribution in [1.29, 1.82) is 0 Å². The summed E-state index contributed by atoms with van der Waals surface area (Å²) in [4.78, 5) is 26.6. The zero-order valence-corrected chi connectivity index (χ0v) is 18.3. The molecule has 3 N–H and O–H groups in total. The van der Waals surface area contributed by atoms with Gasteiger partial charge in [0, 0.05) is 50.3 Å². The lowest BCUT2D eigenvalue weighted by atomic mass is 9.89. The summed E-state index contributed by atoms with van der Waals surface area (Å²) >= 11 is 5.67. The second-order valence-electron chi connectivity index (χ2n) is 7.65. The van der Waals surface area contributed by atoms with Crippen LogP contribution in [0, 0.1) is 11.7 Å². The van der Waals surface area contributed by atoms with Gasteiger partial charge in [0.05, 0.1) is 17.3 Å². The number of nitrogens with one attached hydrogen (secondary N) is 2. The quantitative estimate of drug-likeness (QED) is 0.508. The molecule has 1 aliphatic rings. The van der Waals surface area contributed by atoms with E-state index in [1.807, 2.05) is 17.9 Å². The van der Waals surface area contributed by atoms with Crippen molar-refractivity contribution in [2.24, 2.45) is 13.0 Å². The number of Topliss-reactive ketones (excluding diaryl/α,β-unsaturated/α-hetero) is 1. The van der Waals surface area contributed by atoms with Crippen LogP contribution in [0.15, 0.2) is 24.3 Å². The predicted molar refractivity (Wildman–Crippen MR) is 116 cm³/mol. The lowest BCUT2D eigenvalue weighted by Crippen LogP contribution is -2.56. The number of aliphatic hydroxyl groups is 1. The predicted octanol–water partition coefficient (Wildman–Crippen LogP) is 2.46. The van der Waals surface area contributed by atoms with E-state index in [1.165, 1.54) is 12.1 Å². The number of halogens is 2. The van der Waals surface area contributed by atoms with E-state index < -0.39 is 5.82 Å². The molecule has 8 nitrogen and oxygen atoms in total. The van der Waals surface area contributed by atoms with Crippen molar-refractivity contribution >= 4 is 29.2 Å². The van der Waals surface area contributed by atoms with Gasteiger partial charge in [-0.1, -0.05) is 18.5 Å². The van der Waals surface area contributed by atoms with Gasteiger partial charge in [-0.3, -0.25) is 19.7 Å².